The Kier molecular flexibility index (Phi) is 7.05. The third-order valence-corrected chi connectivity index (χ3v) is 6.00. The van der Waals surface area contributed by atoms with E-state index in [2.05, 4.69) is 15.3 Å². The van der Waals surface area contributed by atoms with Crippen molar-refractivity contribution in [1.29, 1.82) is 0 Å². The molecule has 168 valence electrons. The van der Waals surface area contributed by atoms with E-state index in [1.165, 1.54) is 6.20 Å². The average Bonchev–Trinajstić information content (AvgIpc) is 2.79. The lowest BCUT2D eigenvalue weighted by Gasteiger charge is -2.35. The number of ether oxygens (including phenoxy) is 1. The van der Waals surface area contributed by atoms with Gasteiger partial charge in [-0.15, -0.1) is 0 Å². The van der Waals surface area contributed by atoms with Gasteiger partial charge in [-0.05, 0) is 23.8 Å². The zero-order valence-electron chi connectivity index (χ0n) is 16.9. The summed E-state index contributed by atoms with van der Waals surface area (Å²) in [7, 11) is 0. The molecule has 0 aliphatic carbocycles. The molecule has 2 aromatic carbocycles. The van der Waals surface area contributed by atoms with E-state index in [9.17, 15) is 13.6 Å². The summed E-state index contributed by atoms with van der Waals surface area (Å²) in [6, 6.07) is 10.3. The Balaban J connectivity index is 1.60. The Hall–Kier alpha value is -2.52. The Morgan fingerprint density at radius 1 is 1.12 bits per heavy atom. The highest BCUT2D eigenvalue weighted by atomic mass is 35.5. The molecule has 0 radical (unpaired) electrons. The predicted molar refractivity (Wildman–Crippen MR) is 120 cm³/mol. The molecule has 10 heteroatoms. The minimum Gasteiger partial charge on any atom is -0.380 e. The Morgan fingerprint density at radius 3 is 2.59 bits per heavy atom. The number of hydrogen-bond acceptors (Lipinski definition) is 5. The number of nitrogens with zero attached hydrogens (tertiary/aromatic N) is 3. The normalized spacial score (nSPS) is 15.5. The molecule has 1 aliphatic rings. The molecule has 4 rings (SSSR count). The van der Waals surface area contributed by atoms with E-state index in [1.54, 1.807) is 0 Å². The maximum atomic E-state index is 14.1. The van der Waals surface area contributed by atoms with Gasteiger partial charge in [0.2, 0.25) is 0 Å². The topological polar surface area (TPSA) is 59.4 Å². The van der Waals surface area contributed by atoms with Crippen molar-refractivity contribution in [3.8, 4) is 5.69 Å². The van der Waals surface area contributed by atoms with Crippen LogP contribution in [0.25, 0.3) is 5.69 Å². The zero-order valence-corrected chi connectivity index (χ0v) is 18.4. The molecule has 6 nitrogen and oxygen atoms in total. The lowest BCUT2D eigenvalue weighted by molar-refractivity contribution is 0.0187. The molecule has 0 saturated carbocycles. The van der Waals surface area contributed by atoms with Gasteiger partial charge in [-0.25, -0.2) is 8.78 Å². The summed E-state index contributed by atoms with van der Waals surface area (Å²) >= 11 is 12.7. The minimum atomic E-state index is -0.914. The highest BCUT2D eigenvalue weighted by molar-refractivity contribution is 6.33. The van der Waals surface area contributed by atoms with Gasteiger partial charge in [0.1, 0.15) is 16.5 Å². The molecule has 3 aromatic rings. The van der Waals surface area contributed by atoms with Gasteiger partial charge >= 0.3 is 0 Å². The third-order valence-electron chi connectivity index (χ3n) is 5.29. The fraction of sp³-hybridized carbons (Fsp3) is 0.273. The molecule has 1 aliphatic heterocycles. The SMILES string of the molecule is O=c1c(Cl)c(NCC(c2ccccc2Cl)N2CCOCC2)cnn1-c1ccc(F)cc1F. The average molecular weight is 481 g/mol. The molecule has 1 saturated heterocycles. The quantitative estimate of drug-likeness (QED) is 0.569. The molecule has 32 heavy (non-hydrogen) atoms. The van der Waals surface area contributed by atoms with Crippen LogP contribution < -0.4 is 10.9 Å². The second-order valence-corrected chi connectivity index (χ2v) is 8.04. The van der Waals surface area contributed by atoms with E-state index in [1.807, 2.05) is 24.3 Å². The first-order chi connectivity index (χ1) is 15.5. The molecule has 2 heterocycles. The van der Waals surface area contributed by atoms with Crippen LogP contribution in [-0.4, -0.2) is 47.5 Å². The summed E-state index contributed by atoms with van der Waals surface area (Å²) < 4.78 is 33.6. The smallest absolute Gasteiger partial charge is 0.292 e. The number of aromatic nitrogens is 2. The van der Waals surface area contributed by atoms with Gasteiger partial charge in [0, 0.05) is 30.7 Å². The van der Waals surface area contributed by atoms with Crippen LogP contribution in [0.5, 0.6) is 0 Å². The van der Waals surface area contributed by atoms with Crippen LogP contribution >= 0.6 is 23.2 Å². The Labute approximate surface area is 193 Å². The predicted octanol–water partition coefficient (Wildman–Crippen LogP) is 4.30. The van der Waals surface area contributed by atoms with Crippen LogP contribution in [0.3, 0.4) is 0 Å². The number of anilines is 1. The monoisotopic (exact) mass is 480 g/mol. The lowest BCUT2D eigenvalue weighted by atomic mass is 10.0. The van der Waals surface area contributed by atoms with Gasteiger partial charge in [-0.3, -0.25) is 9.69 Å². The molecule has 0 bridgehead atoms. The largest absolute Gasteiger partial charge is 0.380 e. The second kappa shape index (κ2) is 9.95. The van der Waals surface area contributed by atoms with Gasteiger partial charge in [0.05, 0.1) is 31.1 Å². The van der Waals surface area contributed by atoms with Gasteiger partial charge < -0.3 is 10.1 Å². The highest BCUT2D eigenvalue weighted by Gasteiger charge is 2.25. The maximum Gasteiger partial charge on any atom is 0.292 e. The first-order valence-corrected chi connectivity index (χ1v) is 10.7. The minimum absolute atomic E-state index is 0.0966. The van der Waals surface area contributed by atoms with E-state index in [4.69, 9.17) is 27.9 Å². The summed E-state index contributed by atoms with van der Waals surface area (Å²) in [6.45, 7) is 3.09. The van der Waals surface area contributed by atoms with Crippen molar-refractivity contribution in [2.24, 2.45) is 0 Å². The molecule has 1 atom stereocenters. The zero-order chi connectivity index (χ0) is 22.7. The van der Waals surface area contributed by atoms with Gasteiger partial charge in [-0.2, -0.15) is 9.78 Å². The number of rotatable bonds is 6. The van der Waals surface area contributed by atoms with Crippen LogP contribution in [-0.2, 0) is 4.74 Å². The maximum absolute atomic E-state index is 14.1. The Morgan fingerprint density at radius 2 is 1.88 bits per heavy atom. The number of benzene rings is 2. The fourth-order valence-electron chi connectivity index (χ4n) is 3.66. The van der Waals surface area contributed by atoms with Crippen molar-refractivity contribution in [3.63, 3.8) is 0 Å². The van der Waals surface area contributed by atoms with Crippen molar-refractivity contribution >= 4 is 28.9 Å². The van der Waals surface area contributed by atoms with E-state index >= 15 is 0 Å². The van der Waals surface area contributed by atoms with Gasteiger partial charge in [0.25, 0.3) is 5.56 Å². The van der Waals surface area contributed by atoms with Crippen LogP contribution in [0.15, 0.2) is 53.5 Å². The van der Waals surface area contributed by atoms with Crippen molar-refractivity contribution in [1.82, 2.24) is 14.7 Å². The molecule has 1 fully saturated rings. The summed E-state index contributed by atoms with van der Waals surface area (Å²) in [4.78, 5) is 15.0. The van der Waals surface area contributed by atoms with Crippen LogP contribution in [0.2, 0.25) is 10.0 Å². The number of hydrogen-bond donors (Lipinski definition) is 1. The van der Waals surface area contributed by atoms with Crippen molar-refractivity contribution in [3.05, 3.63) is 86.3 Å². The molecule has 1 unspecified atom stereocenters. The van der Waals surface area contributed by atoms with Crippen molar-refractivity contribution in [2.45, 2.75) is 6.04 Å². The Bertz CT molecular complexity index is 1170. The molecule has 0 amide bonds. The van der Waals surface area contributed by atoms with Crippen LogP contribution in [0.1, 0.15) is 11.6 Å². The van der Waals surface area contributed by atoms with Crippen LogP contribution in [0, 0.1) is 11.6 Å². The van der Waals surface area contributed by atoms with Crippen molar-refractivity contribution < 1.29 is 13.5 Å². The third kappa shape index (κ3) is 4.78. The standard InChI is InChI=1S/C22H20Cl2F2N4O2/c23-16-4-2-1-3-15(16)20(29-7-9-32-10-8-29)13-27-18-12-28-30(22(31)21(18)24)19-6-5-14(25)11-17(19)26/h1-6,11-12,20,27H,7-10,13H2. The van der Waals surface area contributed by atoms with E-state index in [0.717, 1.165) is 35.5 Å². The van der Waals surface area contributed by atoms with Gasteiger partial charge in [-0.1, -0.05) is 41.4 Å². The molecular formula is C22H20Cl2F2N4O2. The second-order valence-electron chi connectivity index (χ2n) is 7.25. The number of nitrogens with one attached hydrogen (secondary N) is 1. The first-order valence-electron chi connectivity index (χ1n) is 9.99. The van der Waals surface area contributed by atoms with Crippen molar-refractivity contribution in [2.75, 3.05) is 38.2 Å². The summed E-state index contributed by atoms with van der Waals surface area (Å²) in [6.07, 6.45) is 1.34. The highest BCUT2D eigenvalue weighted by Crippen LogP contribution is 2.29. The molecule has 0 spiro atoms. The fourth-order valence-corrected chi connectivity index (χ4v) is 4.11. The molecule has 1 aromatic heterocycles. The van der Waals surface area contributed by atoms with Gasteiger partial charge in [0.15, 0.2) is 5.82 Å². The number of morpholine rings is 1. The van der Waals surface area contributed by atoms with Crippen LogP contribution in [0.4, 0.5) is 14.5 Å². The van der Waals surface area contributed by atoms with E-state index in [0.29, 0.717) is 36.5 Å². The summed E-state index contributed by atoms with van der Waals surface area (Å²) in [5.41, 5.74) is 0.338. The number of halogens is 4. The lowest BCUT2D eigenvalue weighted by Crippen LogP contribution is -2.41. The van der Waals surface area contributed by atoms with E-state index in [-0.39, 0.29) is 16.8 Å². The first kappa shape index (κ1) is 22.7. The molecule has 1 N–H and O–H groups in total. The molecular weight excluding hydrogens is 461 g/mol. The summed E-state index contributed by atoms with van der Waals surface area (Å²) in [5, 5.41) is 7.68. The summed E-state index contributed by atoms with van der Waals surface area (Å²) in [5.74, 6) is -1.67. The van der Waals surface area contributed by atoms with E-state index < -0.39 is 17.2 Å².